The average molecular weight is 404 g/mol. The van der Waals surface area contributed by atoms with Gasteiger partial charge in [-0.1, -0.05) is 19.1 Å². The second-order valence-corrected chi connectivity index (χ2v) is 6.87. The molecular formula is C23H24N4O3. The Bertz CT molecular complexity index is 1220. The van der Waals surface area contributed by atoms with Crippen LogP contribution in [0.3, 0.4) is 0 Å². The number of para-hydroxylation sites is 1. The summed E-state index contributed by atoms with van der Waals surface area (Å²) in [5.41, 5.74) is 2.05. The van der Waals surface area contributed by atoms with Gasteiger partial charge in [0.25, 0.3) is 5.91 Å². The van der Waals surface area contributed by atoms with E-state index in [2.05, 4.69) is 17.3 Å². The van der Waals surface area contributed by atoms with Gasteiger partial charge in [0.2, 0.25) is 0 Å². The van der Waals surface area contributed by atoms with Crippen molar-refractivity contribution in [2.75, 3.05) is 19.0 Å². The van der Waals surface area contributed by atoms with Gasteiger partial charge in [-0.25, -0.2) is 9.67 Å². The van der Waals surface area contributed by atoms with Gasteiger partial charge in [0.05, 0.1) is 30.2 Å². The minimum absolute atomic E-state index is 0.271. The highest BCUT2D eigenvalue weighted by Gasteiger charge is 2.18. The monoisotopic (exact) mass is 404 g/mol. The summed E-state index contributed by atoms with van der Waals surface area (Å²) >= 11 is 0. The number of rotatable bonds is 7. The summed E-state index contributed by atoms with van der Waals surface area (Å²) in [4.78, 5) is 17.8. The third-order valence-electron chi connectivity index (χ3n) is 4.82. The number of amides is 1. The number of carbonyl (C=O) groups excluding carboxylic acids is 1. The first kappa shape index (κ1) is 19.7. The van der Waals surface area contributed by atoms with Crippen molar-refractivity contribution in [3.63, 3.8) is 0 Å². The zero-order valence-corrected chi connectivity index (χ0v) is 17.3. The Morgan fingerprint density at radius 1 is 1.13 bits per heavy atom. The topological polar surface area (TPSA) is 78.3 Å². The van der Waals surface area contributed by atoms with E-state index in [0.29, 0.717) is 30.3 Å². The molecule has 154 valence electrons. The fraction of sp³-hybridized carbons (Fsp3) is 0.261. The van der Waals surface area contributed by atoms with Crippen LogP contribution < -0.4 is 14.8 Å². The number of methoxy groups -OCH3 is 1. The largest absolute Gasteiger partial charge is 0.497 e. The summed E-state index contributed by atoms with van der Waals surface area (Å²) in [7, 11) is 1.63. The predicted molar refractivity (Wildman–Crippen MR) is 117 cm³/mol. The quantitative estimate of drug-likeness (QED) is 0.485. The SMILES string of the molecule is CCCn1nc(NC(=O)c2ccccc2OCC)c2cc3cc(OC)ccc3nc21. The number of aryl methyl sites for hydroxylation is 1. The van der Waals surface area contributed by atoms with Gasteiger partial charge < -0.3 is 14.8 Å². The number of fused-ring (bicyclic) bond motifs is 2. The van der Waals surface area contributed by atoms with E-state index in [0.717, 1.165) is 34.1 Å². The summed E-state index contributed by atoms with van der Waals surface area (Å²) in [6.45, 7) is 5.16. The lowest BCUT2D eigenvalue weighted by molar-refractivity contribution is 0.102. The van der Waals surface area contributed by atoms with Crippen LogP contribution in [-0.2, 0) is 6.54 Å². The van der Waals surface area contributed by atoms with Crippen molar-refractivity contribution in [1.82, 2.24) is 14.8 Å². The van der Waals surface area contributed by atoms with Crippen LogP contribution in [0.25, 0.3) is 21.9 Å². The van der Waals surface area contributed by atoms with Crippen LogP contribution in [0.15, 0.2) is 48.5 Å². The number of pyridine rings is 1. The summed E-state index contributed by atoms with van der Waals surface area (Å²) in [6, 6.07) is 14.9. The number of nitrogens with zero attached hydrogens (tertiary/aromatic N) is 3. The smallest absolute Gasteiger partial charge is 0.260 e. The number of nitrogens with one attached hydrogen (secondary N) is 1. The third kappa shape index (κ3) is 3.66. The molecule has 0 unspecified atom stereocenters. The molecule has 2 heterocycles. The van der Waals surface area contributed by atoms with Crippen molar-refractivity contribution in [2.24, 2.45) is 0 Å². The summed E-state index contributed by atoms with van der Waals surface area (Å²) < 4.78 is 12.8. The highest BCUT2D eigenvalue weighted by atomic mass is 16.5. The van der Waals surface area contributed by atoms with Crippen molar-refractivity contribution < 1.29 is 14.3 Å². The molecule has 0 saturated heterocycles. The van der Waals surface area contributed by atoms with Gasteiger partial charge >= 0.3 is 0 Å². The molecule has 30 heavy (non-hydrogen) atoms. The molecule has 0 radical (unpaired) electrons. The van der Waals surface area contributed by atoms with Crippen molar-refractivity contribution >= 4 is 33.7 Å². The first-order valence-electron chi connectivity index (χ1n) is 10.0. The highest BCUT2D eigenvalue weighted by molar-refractivity contribution is 6.10. The van der Waals surface area contributed by atoms with Gasteiger partial charge in [-0.3, -0.25) is 4.79 Å². The summed E-state index contributed by atoms with van der Waals surface area (Å²) in [5, 5.41) is 9.29. The van der Waals surface area contributed by atoms with E-state index in [-0.39, 0.29) is 5.91 Å². The van der Waals surface area contributed by atoms with E-state index in [1.54, 1.807) is 19.2 Å². The first-order chi connectivity index (χ1) is 14.6. The fourth-order valence-electron chi connectivity index (χ4n) is 3.43. The van der Waals surface area contributed by atoms with E-state index in [9.17, 15) is 4.79 Å². The number of benzene rings is 2. The standard InChI is InChI=1S/C23H24N4O3/c1-4-12-27-22-18(14-15-13-16(29-3)10-11-19(15)24-22)21(26-27)25-23(28)17-8-6-7-9-20(17)30-5-2/h6-11,13-14H,4-5,12H2,1-3H3,(H,25,26,28). The van der Waals surface area contributed by atoms with E-state index in [1.807, 2.05) is 48.0 Å². The second-order valence-electron chi connectivity index (χ2n) is 6.87. The molecule has 4 aromatic rings. The Labute approximate surface area is 174 Å². The number of ether oxygens (including phenoxy) is 2. The first-order valence-corrected chi connectivity index (χ1v) is 10.0. The molecule has 0 bridgehead atoms. The Morgan fingerprint density at radius 2 is 1.97 bits per heavy atom. The van der Waals surface area contributed by atoms with Crippen molar-refractivity contribution in [1.29, 1.82) is 0 Å². The molecule has 0 aliphatic rings. The maximum absolute atomic E-state index is 13.0. The van der Waals surface area contributed by atoms with Crippen LogP contribution >= 0.6 is 0 Å². The molecule has 0 spiro atoms. The Hall–Kier alpha value is -3.61. The Balaban J connectivity index is 1.79. The number of hydrogen-bond donors (Lipinski definition) is 1. The molecule has 0 aliphatic carbocycles. The molecular weight excluding hydrogens is 380 g/mol. The predicted octanol–water partition coefficient (Wildman–Crippen LogP) is 4.65. The van der Waals surface area contributed by atoms with Gasteiger partial charge in [-0.2, -0.15) is 5.10 Å². The van der Waals surface area contributed by atoms with Crippen LogP contribution in [-0.4, -0.2) is 34.4 Å². The van der Waals surface area contributed by atoms with Gasteiger partial charge in [-0.05, 0) is 49.7 Å². The van der Waals surface area contributed by atoms with Crippen LogP contribution in [0.1, 0.15) is 30.6 Å². The molecule has 7 nitrogen and oxygen atoms in total. The molecule has 0 fully saturated rings. The fourth-order valence-corrected chi connectivity index (χ4v) is 3.43. The average Bonchev–Trinajstić information content (AvgIpc) is 3.08. The Morgan fingerprint density at radius 3 is 2.73 bits per heavy atom. The molecule has 4 rings (SSSR count). The molecule has 0 aliphatic heterocycles. The third-order valence-corrected chi connectivity index (χ3v) is 4.82. The zero-order valence-electron chi connectivity index (χ0n) is 17.3. The van der Waals surface area contributed by atoms with E-state index < -0.39 is 0 Å². The maximum Gasteiger partial charge on any atom is 0.260 e. The minimum Gasteiger partial charge on any atom is -0.497 e. The number of carbonyl (C=O) groups is 1. The van der Waals surface area contributed by atoms with Crippen LogP contribution in [0.2, 0.25) is 0 Å². The normalized spacial score (nSPS) is 11.0. The minimum atomic E-state index is -0.271. The maximum atomic E-state index is 13.0. The van der Waals surface area contributed by atoms with Crippen molar-refractivity contribution in [3.8, 4) is 11.5 Å². The van der Waals surface area contributed by atoms with Crippen molar-refractivity contribution in [3.05, 3.63) is 54.1 Å². The van der Waals surface area contributed by atoms with Crippen LogP contribution in [0.5, 0.6) is 11.5 Å². The molecule has 0 atom stereocenters. The number of hydrogen-bond acceptors (Lipinski definition) is 5. The molecule has 1 N–H and O–H groups in total. The lowest BCUT2D eigenvalue weighted by atomic mass is 10.1. The molecule has 2 aromatic heterocycles. The van der Waals surface area contributed by atoms with Crippen molar-refractivity contribution in [2.45, 2.75) is 26.8 Å². The van der Waals surface area contributed by atoms with Gasteiger partial charge in [0, 0.05) is 11.9 Å². The molecule has 0 saturated carbocycles. The number of anilines is 1. The second kappa shape index (κ2) is 8.41. The molecule has 7 heteroatoms. The lowest BCUT2D eigenvalue weighted by Gasteiger charge is -2.09. The zero-order chi connectivity index (χ0) is 21.1. The molecule has 1 amide bonds. The lowest BCUT2D eigenvalue weighted by Crippen LogP contribution is -2.14. The Kier molecular flexibility index (Phi) is 5.52. The summed E-state index contributed by atoms with van der Waals surface area (Å²) in [5.74, 6) is 1.50. The molecule has 2 aromatic carbocycles. The van der Waals surface area contributed by atoms with Crippen LogP contribution in [0, 0.1) is 0 Å². The highest BCUT2D eigenvalue weighted by Crippen LogP contribution is 2.29. The van der Waals surface area contributed by atoms with Gasteiger partial charge in [-0.15, -0.1) is 0 Å². The summed E-state index contributed by atoms with van der Waals surface area (Å²) in [6.07, 6.45) is 0.902. The van der Waals surface area contributed by atoms with E-state index in [4.69, 9.17) is 14.5 Å². The number of aromatic nitrogens is 3. The van der Waals surface area contributed by atoms with Gasteiger partial charge in [0.1, 0.15) is 11.5 Å². The van der Waals surface area contributed by atoms with E-state index in [1.165, 1.54) is 0 Å². The van der Waals surface area contributed by atoms with Crippen LogP contribution in [0.4, 0.5) is 5.82 Å². The van der Waals surface area contributed by atoms with Gasteiger partial charge in [0.15, 0.2) is 11.5 Å². The van der Waals surface area contributed by atoms with E-state index >= 15 is 0 Å².